The van der Waals surface area contributed by atoms with E-state index in [9.17, 15) is 0 Å². The van der Waals surface area contributed by atoms with Gasteiger partial charge in [0.05, 0.1) is 18.0 Å². The summed E-state index contributed by atoms with van der Waals surface area (Å²) in [5, 5.41) is 11.0. The third kappa shape index (κ3) is 2.21. The number of H-pyrrole nitrogens is 1. The van der Waals surface area contributed by atoms with E-state index in [0.29, 0.717) is 12.8 Å². The molecule has 1 heterocycles. The number of aromatic nitrogens is 2. The van der Waals surface area contributed by atoms with Crippen molar-refractivity contribution < 1.29 is 0 Å². The molecule has 92 valence electrons. The van der Waals surface area contributed by atoms with Gasteiger partial charge >= 0.3 is 0 Å². The third-order valence-electron chi connectivity index (χ3n) is 3.18. The molecule has 3 heteroatoms. The number of benzene rings is 2. The molecule has 3 rings (SSSR count). The molecule has 1 N–H and O–H groups in total. The molecule has 3 nitrogen and oxygen atoms in total. The topological polar surface area (TPSA) is 52.5 Å². The van der Waals surface area contributed by atoms with Crippen molar-refractivity contribution in [2.45, 2.75) is 12.8 Å². The molecule has 0 saturated carbocycles. The number of nitrogens with zero attached hydrogens (tertiary/aromatic N) is 2. The fourth-order valence-corrected chi connectivity index (χ4v) is 2.26. The molecule has 0 aliphatic rings. The van der Waals surface area contributed by atoms with E-state index in [1.54, 1.807) is 0 Å². The second kappa shape index (κ2) is 4.95. The van der Waals surface area contributed by atoms with Crippen molar-refractivity contribution in [2.75, 3.05) is 0 Å². The second-order valence-corrected chi connectivity index (χ2v) is 4.43. The van der Waals surface area contributed by atoms with Crippen LogP contribution in [0.25, 0.3) is 22.0 Å². The molecule has 2 aromatic carbocycles. The van der Waals surface area contributed by atoms with Crippen LogP contribution in [0.1, 0.15) is 12.2 Å². The number of nitriles is 1. The highest BCUT2D eigenvalue weighted by molar-refractivity contribution is 5.95. The van der Waals surface area contributed by atoms with E-state index >= 15 is 0 Å². The van der Waals surface area contributed by atoms with Crippen molar-refractivity contribution in [2.24, 2.45) is 0 Å². The van der Waals surface area contributed by atoms with Crippen molar-refractivity contribution in [1.29, 1.82) is 5.26 Å². The Morgan fingerprint density at radius 2 is 1.95 bits per heavy atom. The first kappa shape index (κ1) is 11.5. The largest absolute Gasteiger partial charge is 0.342 e. The first-order valence-corrected chi connectivity index (χ1v) is 6.27. The maximum absolute atomic E-state index is 8.60. The third-order valence-corrected chi connectivity index (χ3v) is 3.18. The minimum Gasteiger partial charge on any atom is -0.342 e. The number of imidazole rings is 1. The SMILES string of the molecule is N#CCCc1ncc(-c2cccc3ccccc23)[nH]1. The maximum atomic E-state index is 8.60. The summed E-state index contributed by atoms with van der Waals surface area (Å²) < 4.78 is 0. The van der Waals surface area contributed by atoms with Crippen LogP contribution in [0, 0.1) is 11.3 Å². The summed E-state index contributed by atoms with van der Waals surface area (Å²) in [6, 6.07) is 16.7. The molecule has 0 bridgehead atoms. The van der Waals surface area contributed by atoms with E-state index in [4.69, 9.17) is 5.26 Å². The van der Waals surface area contributed by atoms with E-state index in [1.807, 2.05) is 24.4 Å². The molecular weight excluding hydrogens is 234 g/mol. The Bertz CT molecular complexity index is 745. The summed E-state index contributed by atoms with van der Waals surface area (Å²) in [6.45, 7) is 0. The zero-order valence-electron chi connectivity index (χ0n) is 10.4. The number of aryl methyl sites for hydroxylation is 1. The highest BCUT2D eigenvalue weighted by Gasteiger charge is 2.06. The molecule has 0 unspecified atom stereocenters. The van der Waals surface area contributed by atoms with Gasteiger partial charge in [0, 0.05) is 18.4 Å². The van der Waals surface area contributed by atoms with E-state index < -0.39 is 0 Å². The normalized spacial score (nSPS) is 10.5. The van der Waals surface area contributed by atoms with E-state index in [2.05, 4.69) is 40.3 Å². The van der Waals surface area contributed by atoms with Gasteiger partial charge in [-0.25, -0.2) is 4.98 Å². The first-order chi connectivity index (χ1) is 9.38. The van der Waals surface area contributed by atoms with Gasteiger partial charge in [0.15, 0.2) is 0 Å². The Labute approximate surface area is 111 Å². The van der Waals surface area contributed by atoms with Crippen molar-refractivity contribution in [3.05, 3.63) is 54.5 Å². The van der Waals surface area contributed by atoms with Gasteiger partial charge in [-0.15, -0.1) is 0 Å². The summed E-state index contributed by atoms with van der Waals surface area (Å²) in [5.41, 5.74) is 2.15. The number of rotatable bonds is 3. The monoisotopic (exact) mass is 247 g/mol. The van der Waals surface area contributed by atoms with Crippen LogP contribution in [0.4, 0.5) is 0 Å². The average molecular weight is 247 g/mol. The lowest BCUT2D eigenvalue weighted by atomic mass is 10.0. The Hall–Kier alpha value is -2.60. The molecule has 0 fully saturated rings. The van der Waals surface area contributed by atoms with Gasteiger partial charge in [0.2, 0.25) is 0 Å². The van der Waals surface area contributed by atoms with Crippen LogP contribution >= 0.6 is 0 Å². The zero-order valence-corrected chi connectivity index (χ0v) is 10.4. The standard InChI is InChI=1S/C16H13N3/c17-10-4-9-16-18-11-15(19-16)14-8-3-6-12-5-1-2-7-13(12)14/h1-3,5-8,11H,4,9H2,(H,18,19). The number of hydrogen-bond acceptors (Lipinski definition) is 2. The first-order valence-electron chi connectivity index (χ1n) is 6.27. The highest BCUT2D eigenvalue weighted by atomic mass is 14.9. The van der Waals surface area contributed by atoms with E-state index in [-0.39, 0.29) is 0 Å². The van der Waals surface area contributed by atoms with E-state index in [1.165, 1.54) is 10.8 Å². The molecule has 3 aromatic rings. The maximum Gasteiger partial charge on any atom is 0.107 e. The van der Waals surface area contributed by atoms with Crippen LogP contribution in [0.15, 0.2) is 48.7 Å². The molecule has 1 aromatic heterocycles. The Morgan fingerprint density at radius 1 is 1.11 bits per heavy atom. The molecule has 0 atom stereocenters. The van der Waals surface area contributed by atoms with Crippen LogP contribution in [0.5, 0.6) is 0 Å². The van der Waals surface area contributed by atoms with Crippen LogP contribution in [-0.4, -0.2) is 9.97 Å². The lowest BCUT2D eigenvalue weighted by molar-refractivity contribution is 0.918. The van der Waals surface area contributed by atoms with Crippen molar-refractivity contribution >= 4 is 10.8 Å². The Morgan fingerprint density at radius 3 is 2.84 bits per heavy atom. The van der Waals surface area contributed by atoms with Crippen LogP contribution in [-0.2, 0) is 6.42 Å². The summed E-state index contributed by atoms with van der Waals surface area (Å²) in [7, 11) is 0. The van der Waals surface area contributed by atoms with Gasteiger partial charge in [-0.3, -0.25) is 0 Å². The van der Waals surface area contributed by atoms with Gasteiger partial charge in [0.25, 0.3) is 0 Å². The number of nitrogens with one attached hydrogen (secondary N) is 1. The Balaban J connectivity index is 2.05. The zero-order chi connectivity index (χ0) is 13.1. The van der Waals surface area contributed by atoms with Crippen molar-refractivity contribution in [3.63, 3.8) is 0 Å². The predicted octanol–water partition coefficient (Wildman–Crippen LogP) is 3.69. The molecular formula is C16H13N3. The number of hydrogen-bond donors (Lipinski definition) is 1. The van der Waals surface area contributed by atoms with Gasteiger partial charge in [-0.05, 0) is 10.8 Å². The minimum absolute atomic E-state index is 0.489. The smallest absolute Gasteiger partial charge is 0.107 e. The molecule has 0 aliphatic heterocycles. The van der Waals surface area contributed by atoms with Gasteiger partial charge < -0.3 is 4.98 Å². The minimum atomic E-state index is 0.489. The molecule has 0 amide bonds. The van der Waals surface area contributed by atoms with Gasteiger partial charge in [-0.1, -0.05) is 42.5 Å². The van der Waals surface area contributed by atoms with E-state index in [0.717, 1.165) is 17.1 Å². The molecule has 0 aliphatic carbocycles. The predicted molar refractivity (Wildman–Crippen MR) is 75.5 cm³/mol. The molecule has 0 radical (unpaired) electrons. The lowest BCUT2D eigenvalue weighted by Crippen LogP contribution is -1.86. The van der Waals surface area contributed by atoms with Crippen LogP contribution in [0.3, 0.4) is 0 Å². The number of fused-ring (bicyclic) bond motifs is 1. The molecule has 0 spiro atoms. The lowest BCUT2D eigenvalue weighted by Gasteiger charge is -2.03. The van der Waals surface area contributed by atoms with Gasteiger partial charge in [-0.2, -0.15) is 5.26 Å². The van der Waals surface area contributed by atoms with Gasteiger partial charge in [0.1, 0.15) is 5.82 Å². The van der Waals surface area contributed by atoms with Crippen molar-refractivity contribution in [1.82, 2.24) is 9.97 Å². The average Bonchev–Trinajstić information content (AvgIpc) is 2.93. The highest BCUT2D eigenvalue weighted by Crippen LogP contribution is 2.27. The second-order valence-electron chi connectivity index (χ2n) is 4.43. The van der Waals surface area contributed by atoms with Crippen LogP contribution < -0.4 is 0 Å². The summed E-state index contributed by atoms with van der Waals surface area (Å²) in [5.74, 6) is 0.865. The van der Waals surface area contributed by atoms with Crippen LogP contribution in [0.2, 0.25) is 0 Å². The fraction of sp³-hybridized carbons (Fsp3) is 0.125. The Kier molecular flexibility index (Phi) is 2.99. The summed E-state index contributed by atoms with van der Waals surface area (Å²) >= 11 is 0. The molecule has 0 saturated heterocycles. The summed E-state index contributed by atoms with van der Waals surface area (Å²) in [4.78, 5) is 7.62. The summed E-state index contributed by atoms with van der Waals surface area (Å²) in [6.07, 6.45) is 3.00. The van der Waals surface area contributed by atoms with Crippen molar-refractivity contribution in [3.8, 4) is 17.3 Å². The fourth-order valence-electron chi connectivity index (χ4n) is 2.26. The number of aromatic amines is 1. The quantitative estimate of drug-likeness (QED) is 0.767. The molecule has 19 heavy (non-hydrogen) atoms.